The largest absolute Gasteiger partial charge is 0.376 e. The molecule has 5 heteroatoms. The van der Waals surface area contributed by atoms with Crippen LogP contribution in [0.3, 0.4) is 0 Å². The minimum absolute atomic E-state index is 0.107. The number of hydrogen-bond acceptors (Lipinski definition) is 3. The van der Waals surface area contributed by atoms with Crippen molar-refractivity contribution in [2.75, 3.05) is 25.0 Å². The van der Waals surface area contributed by atoms with E-state index in [0.717, 1.165) is 37.2 Å². The predicted octanol–water partition coefficient (Wildman–Crippen LogP) is 3.04. The molecule has 0 radical (unpaired) electrons. The van der Waals surface area contributed by atoms with Crippen molar-refractivity contribution < 1.29 is 9.59 Å². The molecule has 1 aliphatic heterocycles. The maximum absolute atomic E-state index is 12.2. The van der Waals surface area contributed by atoms with E-state index in [1.165, 1.54) is 6.42 Å². The third kappa shape index (κ3) is 5.09. The van der Waals surface area contributed by atoms with Crippen molar-refractivity contribution >= 4 is 17.5 Å². The van der Waals surface area contributed by atoms with Gasteiger partial charge in [-0.3, -0.25) is 9.59 Å². The fourth-order valence-corrected chi connectivity index (χ4v) is 3.05. The molecule has 0 bridgehead atoms. The average molecular weight is 351 g/mol. The van der Waals surface area contributed by atoms with Gasteiger partial charge in [0.25, 0.3) is 5.91 Å². The fourth-order valence-electron chi connectivity index (χ4n) is 3.05. The number of rotatable bonds is 6. The summed E-state index contributed by atoms with van der Waals surface area (Å²) >= 11 is 0. The second-order valence-corrected chi connectivity index (χ2v) is 6.54. The number of carbonyl (C=O) groups excluding carboxylic acids is 2. The van der Waals surface area contributed by atoms with Gasteiger partial charge in [-0.25, -0.2) is 0 Å². The zero-order valence-corrected chi connectivity index (χ0v) is 14.9. The molecule has 136 valence electrons. The van der Waals surface area contributed by atoms with Crippen LogP contribution in [0.1, 0.15) is 35.2 Å². The molecular weight excluding hydrogens is 326 g/mol. The Labute approximate surface area is 154 Å². The van der Waals surface area contributed by atoms with E-state index in [-0.39, 0.29) is 11.8 Å². The van der Waals surface area contributed by atoms with Gasteiger partial charge in [-0.1, -0.05) is 30.3 Å². The Kier molecular flexibility index (Phi) is 6.25. The van der Waals surface area contributed by atoms with E-state index in [9.17, 15) is 9.59 Å². The number of nitrogens with one attached hydrogen (secondary N) is 2. The SMILES string of the molecule is O=C(NCc1ccccc1)c1ccc(NCC(=O)N2CCCCC2)cc1. The highest BCUT2D eigenvalue weighted by molar-refractivity contribution is 5.94. The molecule has 1 aliphatic rings. The van der Waals surface area contributed by atoms with E-state index >= 15 is 0 Å². The van der Waals surface area contributed by atoms with Crippen molar-refractivity contribution in [3.05, 3.63) is 65.7 Å². The fraction of sp³-hybridized carbons (Fsp3) is 0.333. The third-order valence-corrected chi connectivity index (χ3v) is 4.60. The van der Waals surface area contributed by atoms with Crippen LogP contribution < -0.4 is 10.6 Å². The van der Waals surface area contributed by atoms with Gasteiger partial charge >= 0.3 is 0 Å². The summed E-state index contributed by atoms with van der Waals surface area (Å²) in [5.41, 5.74) is 2.51. The van der Waals surface area contributed by atoms with Crippen molar-refractivity contribution in [3.63, 3.8) is 0 Å². The molecule has 0 aliphatic carbocycles. The summed E-state index contributed by atoms with van der Waals surface area (Å²) in [4.78, 5) is 26.3. The molecule has 1 saturated heterocycles. The van der Waals surface area contributed by atoms with Crippen LogP contribution in [0.15, 0.2) is 54.6 Å². The van der Waals surface area contributed by atoms with Gasteiger partial charge < -0.3 is 15.5 Å². The molecule has 1 fully saturated rings. The number of amides is 2. The first kappa shape index (κ1) is 18.0. The zero-order chi connectivity index (χ0) is 18.2. The highest BCUT2D eigenvalue weighted by Gasteiger charge is 2.15. The van der Waals surface area contributed by atoms with Gasteiger partial charge in [-0.15, -0.1) is 0 Å². The predicted molar refractivity (Wildman–Crippen MR) is 103 cm³/mol. The Balaban J connectivity index is 1.46. The lowest BCUT2D eigenvalue weighted by molar-refractivity contribution is -0.130. The number of nitrogens with zero attached hydrogens (tertiary/aromatic N) is 1. The molecule has 2 aromatic rings. The molecule has 1 heterocycles. The monoisotopic (exact) mass is 351 g/mol. The quantitative estimate of drug-likeness (QED) is 0.841. The van der Waals surface area contributed by atoms with E-state index in [1.54, 1.807) is 12.1 Å². The van der Waals surface area contributed by atoms with Gasteiger partial charge in [0.15, 0.2) is 0 Å². The van der Waals surface area contributed by atoms with Crippen LogP contribution in [0, 0.1) is 0 Å². The van der Waals surface area contributed by atoms with Crippen LogP contribution in [0.2, 0.25) is 0 Å². The van der Waals surface area contributed by atoms with Crippen molar-refractivity contribution in [1.29, 1.82) is 0 Å². The van der Waals surface area contributed by atoms with E-state index in [1.807, 2.05) is 47.4 Å². The number of hydrogen-bond donors (Lipinski definition) is 2. The standard InChI is InChI=1S/C21H25N3O2/c25-20(24-13-5-2-6-14-24)16-22-19-11-9-18(10-12-19)21(26)23-15-17-7-3-1-4-8-17/h1,3-4,7-12,22H,2,5-6,13-16H2,(H,23,26). The molecule has 5 nitrogen and oxygen atoms in total. The maximum atomic E-state index is 12.2. The number of piperidine rings is 1. The van der Waals surface area contributed by atoms with Crippen LogP contribution in [0.5, 0.6) is 0 Å². The second kappa shape index (κ2) is 9.04. The zero-order valence-electron chi connectivity index (χ0n) is 14.9. The normalized spacial score (nSPS) is 13.9. The molecule has 2 N–H and O–H groups in total. The molecule has 0 spiro atoms. The number of carbonyl (C=O) groups is 2. The summed E-state index contributed by atoms with van der Waals surface area (Å²) in [6.45, 7) is 2.52. The lowest BCUT2D eigenvalue weighted by Gasteiger charge is -2.26. The molecule has 26 heavy (non-hydrogen) atoms. The summed E-state index contributed by atoms with van der Waals surface area (Å²) in [6.07, 6.45) is 3.40. The summed E-state index contributed by atoms with van der Waals surface area (Å²) in [7, 11) is 0. The Hall–Kier alpha value is -2.82. The second-order valence-electron chi connectivity index (χ2n) is 6.54. The topological polar surface area (TPSA) is 61.4 Å². The molecule has 0 aromatic heterocycles. The van der Waals surface area contributed by atoms with E-state index in [0.29, 0.717) is 18.7 Å². The average Bonchev–Trinajstić information content (AvgIpc) is 2.72. The first-order chi connectivity index (χ1) is 12.7. The number of benzene rings is 2. The molecule has 3 rings (SSSR count). The maximum Gasteiger partial charge on any atom is 0.251 e. The molecule has 0 atom stereocenters. The summed E-state index contributed by atoms with van der Waals surface area (Å²) in [5.74, 6) is 0.0270. The first-order valence-electron chi connectivity index (χ1n) is 9.16. The van der Waals surface area contributed by atoms with Crippen LogP contribution >= 0.6 is 0 Å². The van der Waals surface area contributed by atoms with E-state index < -0.39 is 0 Å². The summed E-state index contributed by atoms with van der Waals surface area (Å²) in [5, 5.41) is 6.05. The summed E-state index contributed by atoms with van der Waals surface area (Å²) < 4.78 is 0. The van der Waals surface area contributed by atoms with Gasteiger partial charge in [-0.2, -0.15) is 0 Å². The highest BCUT2D eigenvalue weighted by atomic mass is 16.2. The van der Waals surface area contributed by atoms with E-state index in [2.05, 4.69) is 10.6 Å². The molecule has 0 unspecified atom stereocenters. The number of anilines is 1. The van der Waals surface area contributed by atoms with E-state index in [4.69, 9.17) is 0 Å². The Morgan fingerprint density at radius 3 is 2.27 bits per heavy atom. The number of likely N-dealkylation sites (tertiary alicyclic amines) is 1. The Morgan fingerprint density at radius 2 is 1.58 bits per heavy atom. The minimum atomic E-state index is -0.107. The van der Waals surface area contributed by atoms with Crippen molar-refractivity contribution in [3.8, 4) is 0 Å². The van der Waals surface area contributed by atoms with Crippen LogP contribution in [-0.2, 0) is 11.3 Å². The lowest BCUT2D eigenvalue weighted by Crippen LogP contribution is -2.39. The van der Waals surface area contributed by atoms with Gasteiger partial charge in [0, 0.05) is 30.9 Å². The van der Waals surface area contributed by atoms with Crippen molar-refractivity contribution in [2.24, 2.45) is 0 Å². The smallest absolute Gasteiger partial charge is 0.251 e. The highest BCUT2D eigenvalue weighted by Crippen LogP contribution is 2.12. The van der Waals surface area contributed by atoms with Crippen LogP contribution in [0.4, 0.5) is 5.69 Å². The van der Waals surface area contributed by atoms with Gasteiger partial charge in [-0.05, 0) is 49.1 Å². The van der Waals surface area contributed by atoms with Gasteiger partial charge in [0.2, 0.25) is 5.91 Å². The Morgan fingerprint density at radius 1 is 0.885 bits per heavy atom. The Bertz CT molecular complexity index is 723. The van der Waals surface area contributed by atoms with Crippen molar-refractivity contribution in [2.45, 2.75) is 25.8 Å². The summed E-state index contributed by atoms with van der Waals surface area (Å²) in [6, 6.07) is 17.0. The lowest BCUT2D eigenvalue weighted by atomic mass is 10.1. The minimum Gasteiger partial charge on any atom is -0.376 e. The molecular formula is C21H25N3O2. The van der Waals surface area contributed by atoms with Gasteiger partial charge in [0.1, 0.15) is 0 Å². The molecule has 2 aromatic carbocycles. The molecule has 2 amide bonds. The third-order valence-electron chi connectivity index (χ3n) is 4.60. The van der Waals surface area contributed by atoms with Crippen LogP contribution in [0.25, 0.3) is 0 Å². The first-order valence-corrected chi connectivity index (χ1v) is 9.16. The van der Waals surface area contributed by atoms with Crippen molar-refractivity contribution in [1.82, 2.24) is 10.2 Å². The molecule has 0 saturated carbocycles. The van der Waals surface area contributed by atoms with Gasteiger partial charge in [0.05, 0.1) is 6.54 Å². The van der Waals surface area contributed by atoms with Crippen LogP contribution in [-0.4, -0.2) is 36.3 Å².